The fourth-order valence-electron chi connectivity index (χ4n) is 2.13. The Morgan fingerprint density at radius 1 is 1.08 bits per heavy atom. The summed E-state index contributed by atoms with van der Waals surface area (Å²) in [6.45, 7) is 4.78. The maximum Gasteiger partial charge on any atom is -0.0189 e. The van der Waals surface area contributed by atoms with E-state index in [-0.39, 0.29) is 7.92 Å². The summed E-state index contributed by atoms with van der Waals surface area (Å²) in [6, 6.07) is 11.0. The van der Waals surface area contributed by atoms with Gasteiger partial charge in [-0.2, -0.15) is 0 Å². The van der Waals surface area contributed by atoms with Crippen LogP contribution in [-0.2, 0) is 0 Å². The van der Waals surface area contributed by atoms with Gasteiger partial charge >= 0.3 is 0 Å². The predicted octanol–water partition coefficient (Wildman–Crippen LogP) is 2.97. The third-order valence-corrected chi connectivity index (χ3v) is 5.90. The first-order valence-electron chi connectivity index (χ1n) is 4.62. The van der Waals surface area contributed by atoms with Gasteiger partial charge in [0.25, 0.3) is 0 Å². The molecule has 1 saturated heterocycles. The van der Waals surface area contributed by atoms with Crippen molar-refractivity contribution in [3.05, 3.63) is 30.3 Å². The zero-order valence-electron chi connectivity index (χ0n) is 7.70. The zero-order chi connectivity index (χ0) is 8.55. The van der Waals surface area contributed by atoms with Gasteiger partial charge in [0.15, 0.2) is 0 Å². The highest BCUT2D eigenvalue weighted by atomic mass is 31.1. The molecular weight excluding hydrogens is 163 g/mol. The van der Waals surface area contributed by atoms with E-state index in [1.165, 1.54) is 6.42 Å². The Balaban J connectivity index is 2.20. The molecule has 0 aromatic heterocycles. The molecular formula is C11H15P. The Kier molecular flexibility index (Phi) is 2.19. The van der Waals surface area contributed by atoms with E-state index in [0.717, 1.165) is 11.3 Å². The molecule has 0 nitrogen and oxygen atoms in total. The van der Waals surface area contributed by atoms with Gasteiger partial charge in [-0.1, -0.05) is 52.1 Å². The Morgan fingerprint density at radius 2 is 1.67 bits per heavy atom. The summed E-state index contributed by atoms with van der Waals surface area (Å²) in [4.78, 5) is 0. The fraction of sp³-hybridized carbons (Fsp3) is 0.455. The molecule has 0 saturated carbocycles. The summed E-state index contributed by atoms with van der Waals surface area (Å²) in [5.41, 5.74) is 1.91. The predicted molar refractivity (Wildman–Crippen MR) is 56.5 cm³/mol. The SMILES string of the molecule is CC1C[C@@H](C)P1c1ccccc1. The van der Waals surface area contributed by atoms with Crippen LogP contribution in [0, 0.1) is 0 Å². The highest BCUT2D eigenvalue weighted by Gasteiger charge is 2.34. The molecule has 3 atom stereocenters. The molecule has 64 valence electrons. The van der Waals surface area contributed by atoms with Gasteiger partial charge < -0.3 is 0 Å². The van der Waals surface area contributed by atoms with Gasteiger partial charge in [0.2, 0.25) is 0 Å². The Hall–Kier alpha value is -0.350. The van der Waals surface area contributed by atoms with Crippen molar-refractivity contribution in [3.63, 3.8) is 0 Å². The average Bonchev–Trinajstić information content (AvgIpc) is 2.05. The number of rotatable bonds is 1. The van der Waals surface area contributed by atoms with Gasteiger partial charge in [0.1, 0.15) is 0 Å². The third-order valence-electron chi connectivity index (χ3n) is 2.69. The summed E-state index contributed by atoms with van der Waals surface area (Å²) in [6.07, 6.45) is 1.43. The van der Waals surface area contributed by atoms with Crippen molar-refractivity contribution >= 4 is 13.2 Å². The maximum atomic E-state index is 2.39. The van der Waals surface area contributed by atoms with Crippen molar-refractivity contribution in [1.82, 2.24) is 0 Å². The van der Waals surface area contributed by atoms with E-state index in [9.17, 15) is 0 Å². The van der Waals surface area contributed by atoms with Gasteiger partial charge in [0.05, 0.1) is 0 Å². The van der Waals surface area contributed by atoms with E-state index >= 15 is 0 Å². The standard InChI is InChI=1S/C11H15P/c1-9-8-10(2)12(9)11-6-4-3-5-7-11/h3-7,9-10H,8H2,1-2H3/t9-,10?,12?/m1/s1. The molecule has 12 heavy (non-hydrogen) atoms. The molecule has 2 rings (SSSR count). The van der Waals surface area contributed by atoms with Gasteiger partial charge in [0, 0.05) is 0 Å². The van der Waals surface area contributed by atoms with Gasteiger partial charge in [-0.25, -0.2) is 0 Å². The van der Waals surface area contributed by atoms with E-state index in [1.54, 1.807) is 5.30 Å². The normalized spacial score (nSPS) is 34.3. The lowest BCUT2D eigenvalue weighted by Crippen LogP contribution is -2.30. The third kappa shape index (κ3) is 1.29. The second kappa shape index (κ2) is 3.18. The van der Waals surface area contributed by atoms with Crippen LogP contribution in [0.1, 0.15) is 20.3 Å². The molecule has 1 aromatic rings. The highest BCUT2D eigenvalue weighted by molar-refractivity contribution is 7.68. The van der Waals surface area contributed by atoms with E-state index in [2.05, 4.69) is 44.2 Å². The smallest absolute Gasteiger partial charge is 0.0189 e. The average molecular weight is 178 g/mol. The minimum absolute atomic E-state index is 0.185. The molecule has 0 aliphatic carbocycles. The summed E-state index contributed by atoms with van der Waals surface area (Å²) in [5.74, 6) is 0. The van der Waals surface area contributed by atoms with Gasteiger partial charge in [-0.3, -0.25) is 0 Å². The second-order valence-corrected chi connectivity index (χ2v) is 6.77. The topological polar surface area (TPSA) is 0 Å². The van der Waals surface area contributed by atoms with E-state index in [1.807, 2.05) is 0 Å². The van der Waals surface area contributed by atoms with Crippen molar-refractivity contribution in [2.75, 3.05) is 0 Å². The lowest BCUT2D eigenvalue weighted by molar-refractivity contribution is 0.714. The molecule has 0 radical (unpaired) electrons. The van der Waals surface area contributed by atoms with Crippen LogP contribution < -0.4 is 5.30 Å². The van der Waals surface area contributed by atoms with Crippen LogP contribution in [0.15, 0.2) is 30.3 Å². The number of benzene rings is 1. The Morgan fingerprint density at radius 3 is 2.17 bits per heavy atom. The van der Waals surface area contributed by atoms with Crippen LogP contribution in [0.25, 0.3) is 0 Å². The molecule has 1 aromatic carbocycles. The van der Waals surface area contributed by atoms with Crippen molar-refractivity contribution in [1.29, 1.82) is 0 Å². The minimum atomic E-state index is 0.185. The van der Waals surface area contributed by atoms with Crippen molar-refractivity contribution in [3.8, 4) is 0 Å². The summed E-state index contributed by atoms with van der Waals surface area (Å²) in [7, 11) is 0.185. The van der Waals surface area contributed by atoms with Crippen LogP contribution in [-0.4, -0.2) is 11.3 Å². The Labute approximate surface area is 75.7 Å². The molecule has 0 bridgehead atoms. The first-order chi connectivity index (χ1) is 5.79. The molecule has 1 aliphatic heterocycles. The molecule has 1 heteroatoms. The first kappa shape index (κ1) is 8.26. The molecule has 1 fully saturated rings. The molecule has 1 heterocycles. The first-order valence-corrected chi connectivity index (χ1v) is 6.10. The van der Waals surface area contributed by atoms with E-state index in [0.29, 0.717) is 0 Å². The molecule has 1 aliphatic rings. The van der Waals surface area contributed by atoms with Crippen LogP contribution in [0.4, 0.5) is 0 Å². The largest absolute Gasteiger partial charge is 0.0695 e. The summed E-state index contributed by atoms with van der Waals surface area (Å²) < 4.78 is 0. The van der Waals surface area contributed by atoms with Crippen molar-refractivity contribution in [2.45, 2.75) is 31.6 Å². The van der Waals surface area contributed by atoms with Crippen LogP contribution in [0.3, 0.4) is 0 Å². The van der Waals surface area contributed by atoms with Gasteiger partial charge in [-0.05, 0) is 23.0 Å². The Bertz CT molecular complexity index is 247. The lowest BCUT2D eigenvalue weighted by atomic mass is 10.2. The van der Waals surface area contributed by atoms with Crippen molar-refractivity contribution in [2.24, 2.45) is 0 Å². The summed E-state index contributed by atoms with van der Waals surface area (Å²) in [5, 5.41) is 1.60. The molecule has 0 spiro atoms. The van der Waals surface area contributed by atoms with Gasteiger partial charge in [-0.15, -0.1) is 0 Å². The van der Waals surface area contributed by atoms with Crippen molar-refractivity contribution < 1.29 is 0 Å². The molecule has 2 unspecified atom stereocenters. The number of hydrogen-bond acceptors (Lipinski definition) is 0. The second-order valence-electron chi connectivity index (χ2n) is 3.68. The fourth-order valence-corrected chi connectivity index (χ4v) is 5.22. The van der Waals surface area contributed by atoms with E-state index < -0.39 is 0 Å². The lowest BCUT2D eigenvalue weighted by Gasteiger charge is -2.42. The quantitative estimate of drug-likeness (QED) is 0.580. The minimum Gasteiger partial charge on any atom is -0.0695 e. The molecule has 0 amide bonds. The van der Waals surface area contributed by atoms with E-state index in [4.69, 9.17) is 0 Å². The maximum absolute atomic E-state index is 2.39. The van der Waals surface area contributed by atoms with Crippen LogP contribution in [0.5, 0.6) is 0 Å². The monoisotopic (exact) mass is 178 g/mol. The number of hydrogen-bond donors (Lipinski definition) is 0. The van der Waals surface area contributed by atoms with Crippen LogP contribution >= 0.6 is 7.92 Å². The van der Waals surface area contributed by atoms with Crippen LogP contribution in [0.2, 0.25) is 0 Å². The zero-order valence-corrected chi connectivity index (χ0v) is 8.59. The summed E-state index contributed by atoms with van der Waals surface area (Å²) >= 11 is 0. The highest BCUT2D eigenvalue weighted by Crippen LogP contribution is 2.57. The molecule has 0 N–H and O–H groups in total.